The average Bonchev–Trinajstić information content (AvgIpc) is 2.77. The summed E-state index contributed by atoms with van der Waals surface area (Å²) in [5.41, 5.74) is 0.445. The highest BCUT2D eigenvalue weighted by atomic mass is 19.1. The third-order valence-electron chi connectivity index (χ3n) is 6.51. The SMILES string of the molecule is O=C(c1nc2ccccn2c1F)N1C[C@@H]2CC[C@H](C1)N(CC1CCC1)C2. The summed E-state index contributed by atoms with van der Waals surface area (Å²) in [6, 6.07) is 5.70. The van der Waals surface area contributed by atoms with Crippen LogP contribution in [0.4, 0.5) is 4.39 Å². The molecular formula is C20H25FN4O. The van der Waals surface area contributed by atoms with Gasteiger partial charge in [0, 0.05) is 38.4 Å². The summed E-state index contributed by atoms with van der Waals surface area (Å²) < 4.78 is 16.0. The number of hydrogen-bond acceptors (Lipinski definition) is 3. The van der Waals surface area contributed by atoms with Crippen molar-refractivity contribution in [3.63, 3.8) is 0 Å². The van der Waals surface area contributed by atoms with Crippen LogP contribution >= 0.6 is 0 Å². The third kappa shape index (κ3) is 2.71. The van der Waals surface area contributed by atoms with Crippen LogP contribution in [0.3, 0.4) is 0 Å². The molecule has 2 atom stereocenters. The Bertz CT molecular complexity index is 830. The van der Waals surface area contributed by atoms with Crippen molar-refractivity contribution < 1.29 is 9.18 Å². The first kappa shape index (κ1) is 16.2. The van der Waals surface area contributed by atoms with E-state index in [4.69, 9.17) is 0 Å². The normalized spacial score (nSPS) is 26.9. The molecule has 26 heavy (non-hydrogen) atoms. The lowest BCUT2D eigenvalue weighted by molar-refractivity contribution is 0.0708. The van der Waals surface area contributed by atoms with Gasteiger partial charge in [-0.2, -0.15) is 4.39 Å². The van der Waals surface area contributed by atoms with Gasteiger partial charge in [-0.15, -0.1) is 0 Å². The maximum Gasteiger partial charge on any atom is 0.277 e. The van der Waals surface area contributed by atoms with Gasteiger partial charge < -0.3 is 4.90 Å². The van der Waals surface area contributed by atoms with Crippen molar-refractivity contribution in [3.8, 4) is 0 Å². The molecule has 2 bridgehead atoms. The number of halogens is 1. The van der Waals surface area contributed by atoms with Crippen LogP contribution in [-0.2, 0) is 0 Å². The summed E-state index contributed by atoms with van der Waals surface area (Å²) in [6.07, 6.45) is 8.00. The molecule has 2 aromatic rings. The number of imidazole rings is 1. The van der Waals surface area contributed by atoms with Gasteiger partial charge >= 0.3 is 0 Å². The molecule has 0 aromatic carbocycles. The molecule has 0 N–H and O–H groups in total. The Morgan fingerprint density at radius 3 is 2.81 bits per heavy atom. The predicted molar refractivity (Wildman–Crippen MR) is 96.5 cm³/mol. The summed E-state index contributed by atoms with van der Waals surface area (Å²) in [5, 5.41) is 0. The van der Waals surface area contributed by atoms with Gasteiger partial charge in [-0.3, -0.25) is 14.1 Å². The minimum absolute atomic E-state index is 0.0388. The van der Waals surface area contributed by atoms with Crippen molar-refractivity contribution in [2.24, 2.45) is 11.8 Å². The molecule has 1 amide bonds. The highest BCUT2D eigenvalue weighted by molar-refractivity contribution is 5.93. The van der Waals surface area contributed by atoms with E-state index in [0.29, 0.717) is 24.2 Å². The topological polar surface area (TPSA) is 40.9 Å². The Hall–Kier alpha value is -1.95. The molecule has 5 heterocycles. The van der Waals surface area contributed by atoms with Crippen molar-refractivity contribution in [3.05, 3.63) is 36.0 Å². The first-order chi connectivity index (χ1) is 12.7. The van der Waals surface area contributed by atoms with Crippen LogP contribution in [0.5, 0.6) is 0 Å². The highest BCUT2D eigenvalue weighted by Crippen LogP contribution is 2.33. The Morgan fingerprint density at radius 2 is 2.04 bits per heavy atom. The quantitative estimate of drug-likeness (QED) is 0.849. The van der Waals surface area contributed by atoms with E-state index in [1.165, 1.54) is 36.6 Å². The van der Waals surface area contributed by atoms with Crippen LogP contribution in [0, 0.1) is 17.8 Å². The number of pyridine rings is 1. The number of carbonyl (C=O) groups excluding carboxylic acids is 1. The second-order valence-corrected chi connectivity index (χ2v) is 8.24. The minimum Gasteiger partial charge on any atom is -0.335 e. The molecule has 0 unspecified atom stereocenters. The van der Waals surface area contributed by atoms with Gasteiger partial charge in [0.2, 0.25) is 5.95 Å². The Kier molecular flexibility index (Phi) is 3.96. The van der Waals surface area contributed by atoms with E-state index >= 15 is 0 Å². The number of amides is 1. The fourth-order valence-electron chi connectivity index (χ4n) is 4.83. The number of carbonyl (C=O) groups is 1. The van der Waals surface area contributed by atoms with Crippen molar-refractivity contribution >= 4 is 11.6 Å². The van der Waals surface area contributed by atoms with Crippen molar-refractivity contribution in [1.29, 1.82) is 0 Å². The van der Waals surface area contributed by atoms with Gasteiger partial charge in [-0.1, -0.05) is 12.5 Å². The first-order valence-electron chi connectivity index (χ1n) is 9.85. The second-order valence-electron chi connectivity index (χ2n) is 8.24. The number of rotatable bonds is 3. The van der Waals surface area contributed by atoms with E-state index in [1.54, 1.807) is 24.4 Å². The van der Waals surface area contributed by atoms with E-state index < -0.39 is 5.95 Å². The monoisotopic (exact) mass is 356 g/mol. The molecule has 4 fully saturated rings. The smallest absolute Gasteiger partial charge is 0.277 e. The summed E-state index contributed by atoms with van der Waals surface area (Å²) in [6.45, 7) is 3.68. The largest absolute Gasteiger partial charge is 0.335 e. The molecule has 138 valence electrons. The molecule has 1 saturated carbocycles. The molecular weight excluding hydrogens is 331 g/mol. The second kappa shape index (κ2) is 6.34. The fourth-order valence-corrected chi connectivity index (χ4v) is 4.83. The van der Waals surface area contributed by atoms with Gasteiger partial charge in [0.25, 0.3) is 5.91 Å². The van der Waals surface area contributed by atoms with Gasteiger partial charge in [0.15, 0.2) is 5.69 Å². The molecule has 6 rings (SSSR count). The Labute approximate surface area is 152 Å². The zero-order valence-electron chi connectivity index (χ0n) is 15.0. The number of fused-ring (bicyclic) bond motifs is 5. The van der Waals surface area contributed by atoms with E-state index in [1.807, 2.05) is 4.90 Å². The van der Waals surface area contributed by atoms with Crippen LogP contribution in [0.1, 0.15) is 42.6 Å². The molecule has 3 aliphatic heterocycles. The van der Waals surface area contributed by atoms with Gasteiger partial charge in [-0.25, -0.2) is 4.98 Å². The lowest BCUT2D eigenvalue weighted by atomic mass is 9.83. The van der Waals surface area contributed by atoms with Crippen LogP contribution in [0.2, 0.25) is 0 Å². The van der Waals surface area contributed by atoms with Crippen LogP contribution in [-0.4, -0.2) is 57.3 Å². The zero-order chi connectivity index (χ0) is 17.7. The van der Waals surface area contributed by atoms with E-state index in [-0.39, 0.29) is 11.6 Å². The number of nitrogens with zero attached hydrogens (tertiary/aromatic N) is 4. The molecule has 2 aromatic heterocycles. The summed E-state index contributed by atoms with van der Waals surface area (Å²) in [7, 11) is 0. The van der Waals surface area contributed by atoms with Crippen molar-refractivity contribution in [2.75, 3.05) is 26.2 Å². The van der Waals surface area contributed by atoms with Crippen LogP contribution in [0.15, 0.2) is 24.4 Å². The maximum atomic E-state index is 14.7. The van der Waals surface area contributed by atoms with E-state index in [2.05, 4.69) is 9.88 Å². The molecule has 6 heteroatoms. The Balaban J connectivity index is 1.37. The van der Waals surface area contributed by atoms with Crippen molar-refractivity contribution in [1.82, 2.24) is 19.2 Å². The molecule has 3 saturated heterocycles. The molecule has 0 radical (unpaired) electrons. The fraction of sp³-hybridized carbons (Fsp3) is 0.600. The van der Waals surface area contributed by atoms with Crippen LogP contribution < -0.4 is 0 Å². The summed E-state index contributed by atoms with van der Waals surface area (Å²) >= 11 is 0. The van der Waals surface area contributed by atoms with E-state index in [9.17, 15) is 9.18 Å². The standard InChI is InChI=1S/C20H25FN4O/c21-19-18(22-17-6-1-2-9-25(17)19)20(26)24-12-15-7-8-16(13-24)23(11-15)10-14-4-3-5-14/h1-2,6,9,14-16H,3-5,7-8,10-13H2/t15-,16-/m1/s1. The van der Waals surface area contributed by atoms with Crippen molar-refractivity contribution in [2.45, 2.75) is 38.1 Å². The third-order valence-corrected chi connectivity index (χ3v) is 6.51. The van der Waals surface area contributed by atoms with Crippen LogP contribution in [0.25, 0.3) is 5.65 Å². The minimum atomic E-state index is -0.548. The zero-order valence-corrected chi connectivity index (χ0v) is 15.0. The van der Waals surface area contributed by atoms with E-state index in [0.717, 1.165) is 25.4 Å². The molecule has 0 spiro atoms. The Morgan fingerprint density at radius 1 is 1.15 bits per heavy atom. The lowest BCUT2D eigenvalue weighted by Gasteiger charge is -2.40. The molecule has 1 aliphatic carbocycles. The molecule has 4 aliphatic rings. The summed E-state index contributed by atoms with van der Waals surface area (Å²) in [4.78, 5) is 21.8. The maximum absolute atomic E-state index is 14.7. The summed E-state index contributed by atoms with van der Waals surface area (Å²) in [5.74, 6) is 0.536. The lowest BCUT2D eigenvalue weighted by Crippen LogP contribution is -2.47. The molecule has 5 nitrogen and oxygen atoms in total. The number of hydrogen-bond donors (Lipinski definition) is 0. The van der Waals surface area contributed by atoms with Gasteiger partial charge in [0.05, 0.1) is 0 Å². The van der Waals surface area contributed by atoms with Gasteiger partial charge in [-0.05, 0) is 49.7 Å². The average molecular weight is 356 g/mol. The van der Waals surface area contributed by atoms with Gasteiger partial charge in [0.1, 0.15) is 5.65 Å². The number of aromatic nitrogens is 2. The number of piperidine rings is 1. The highest BCUT2D eigenvalue weighted by Gasteiger charge is 2.39. The predicted octanol–water partition coefficient (Wildman–Crippen LogP) is 2.81. The first-order valence-corrected chi connectivity index (χ1v) is 9.85.